The van der Waals surface area contributed by atoms with Crippen molar-refractivity contribution in [2.75, 3.05) is 12.1 Å². The van der Waals surface area contributed by atoms with E-state index in [0.717, 1.165) is 5.01 Å². The molecule has 120 valence electrons. The summed E-state index contributed by atoms with van der Waals surface area (Å²) in [7, 11) is 1.54. The second-order valence-electron chi connectivity index (χ2n) is 5.18. The third kappa shape index (κ3) is 2.77. The number of hydrogen-bond acceptors (Lipinski definition) is 5. The van der Waals surface area contributed by atoms with Crippen molar-refractivity contribution in [1.29, 1.82) is 0 Å². The first-order valence-electron chi connectivity index (χ1n) is 6.88. The van der Waals surface area contributed by atoms with Gasteiger partial charge in [-0.1, -0.05) is 23.7 Å². The van der Waals surface area contributed by atoms with Gasteiger partial charge in [0.05, 0.1) is 12.8 Å². The van der Waals surface area contributed by atoms with Crippen molar-refractivity contribution in [3.8, 4) is 5.75 Å². The quantitative estimate of drug-likeness (QED) is 0.743. The summed E-state index contributed by atoms with van der Waals surface area (Å²) < 4.78 is 5.07. The van der Waals surface area contributed by atoms with E-state index in [9.17, 15) is 15.0 Å². The molecular formula is C16H15ClN2O4. The van der Waals surface area contributed by atoms with Crippen molar-refractivity contribution in [3.63, 3.8) is 0 Å². The number of carbonyl (C=O) groups is 1. The summed E-state index contributed by atoms with van der Waals surface area (Å²) in [5.41, 5.74) is 3.82. The number of amides is 1. The Morgan fingerprint density at radius 3 is 2.30 bits per heavy atom. The van der Waals surface area contributed by atoms with E-state index in [0.29, 0.717) is 22.0 Å². The standard InChI is InChI=1S/C16H15ClN2O4/c1-23-13-8-2-10(3-9-13)14-16(21,22)15(20)19(18-14)12-6-4-11(17)5-7-12/h2-9,14,18,21-22H,1H3. The Bertz CT molecular complexity index is 716. The second-order valence-corrected chi connectivity index (χ2v) is 5.61. The highest BCUT2D eigenvalue weighted by Gasteiger charge is 2.53. The average Bonchev–Trinajstić information content (AvgIpc) is 2.79. The highest BCUT2D eigenvalue weighted by molar-refractivity contribution is 6.30. The Kier molecular flexibility index (Phi) is 3.99. The van der Waals surface area contributed by atoms with Gasteiger partial charge in [0.2, 0.25) is 0 Å². The molecule has 23 heavy (non-hydrogen) atoms. The summed E-state index contributed by atoms with van der Waals surface area (Å²) in [4.78, 5) is 12.3. The molecule has 0 spiro atoms. The molecule has 2 aromatic carbocycles. The van der Waals surface area contributed by atoms with Crippen LogP contribution in [0.3, 0.4) is 0 Å². The smallest absolute Gasteiger partial charge is 0.303 e. The van der Waals surface area contributed by atoms with E-state index >= 15 is 0 Å². The number of benzene rings is 2. The number of halogens is 1. The van der Waals surface area contributed by atoms with Crippen molar-refractivity contribution in [3.05, 3.63) is 59.1 Å². The Labute approximate surface area is 137 Å². The monoisotopic (exact) mass is 334 g/mol. The molecule has 0 radical (unpaired) electrons. The largest absolute Gasteiger partial charge is 0.497 e. The molecule has 1 atom stereocenters. The molecule has 1 unspecified atom stereocenters. The maximum Gasteiger partial charge on any atom is 0.303 e. The molecule has 1 saturated heterocycles. The van der Waals surface area contributed by atoms with E-state index < -0.39 is 17.7 Å². The Hall–Kier alpha value is -2.12. The van der Waals surface area contributed by atoms with Gasteiger partial charge in [-0.15, -0.1) is 0 Å². The van der Waals surface area contributed by atoms with Gasteiger partial charge < -0.3 is 14.9 Å². The minimum atomic E-state index is -2.56. The molecular weight excluding hydrogens is 320 g/mol. The lowest BCUT2D eigenvalue weighted by Crippen LogP contribution is -2.42. The van der Waals surface area contributed by atoms with Crippen LogP contribution in [0.5, 0.6) is 5.75 Å². The van der Waals surface area contributed by atoms with Gasteiger partial charge in [0.15, 0.2) is 0 Å². The lowest BCUT2D eigenvalue weighted by Gasteiger charge is -2.20. The lowest BCUT2D eigenvalue weighted by molar-refractivity contribution is -0.182. The molecule has 3 rings (SSSR count). The van der Waals surface area contributed by atoms with Crippen LogP contribution in [0.1, 0.15) is 11.6 Å². The number of anilines is 1. The summed E-state index contributed by atoms with van der Waals surface area (Å²) >= 11 is 5.83. The Morgan fingerprint density at radius 1 is 1.13 bits per heavy atom. The summed E-state index contributed by atoms with van der Waals surface area (Å²) in [5, 5.41) is 22.1. The van der Waals surface area contributed by atoms with Gasteiger partial charge in [-0.25, -0.2) is 10.4 Å². The number of aliphatic hydroxyl groups is 2. The zero-order valence-electron chi connectivity index (χ0n) is 12.2. The topological polar surface area (TPSA) is 82.0 Å². The van der Waals surface area contributed by atoms with E-state index in [4.69, 9.17) is 16.3 Å². The molecule has 6 nitrogen and oxygen atoms in total. The second kappa shape index (κ2) is 5.82. The molecule has 7 heteroatoms. The van der Waals surface area contributed by atoms with E-state index in [1.165, 1.54) is 7.11 Å². The number of hydrazine groups is 1. The first kappa shape index (κ1) is 15.8. The molecule has 1 aliphatic heterocycles. The Morgan fingerprint density at radius 2 is 1.74 bits per heavy atom. The normalized spacial score (nSPS) is 19.9. The molecule has 0 aliphatic carbocycles. The van der Waals surface area contributed by atoms with Crippen LogP contribution in [-0.4, -0.2) is 29.0 Å². The number of hydrogen-bond donors (Lipinski definition) is 3. The summed E-state index contributed by atoms with van der Waals surface area (Å²) in [6.07, 6.45) is 0. The van der Waals surface area contributed by atoms with Crippen LogP contribution < -0.4 is 15.2 Å². The van der Waals surface area contributed by atoms with Crippen molar-refractivity contribution in [2.45, 2.75) is 11.8 Å². The average molecular weight is 335 g/mol. The van der Waals surface area contributed by atoms with Gasteiger partial charge in [-0.05, 0) is 42.0 Å². The van der Waals surface area contributed by atoms with Gasteiger partial charge in [0, 0.05) is 5.02 Å². The fourth-order valence-electron chi connectivity index (χ4n) is 2.45. The molecule has 0 aromatic heterocycles. The lowest BCUT2D eigenvalue weighted by atomic mass is 10.00. The number of carbonyl (C=O) groups excluding carboxylic acids is 1. The van der Waals surface area contributed by atoms with Crippen molar-refractivity contribution >= 4 is 23.2 Å². The highest BCUT2D eigenvalue weighted by Crippen LogP contribution is 2.34. The molecule has 0 bridgehead atoms. The Balaban J connectivity index is 1.92. The zero-order chi connectivity index (χ0) is 16.6. The van der Waals surface area contributed by atoms with Gasteiger partial charge in [-0.2, -0.15) is 0 Å². The van der Waals surface area contributed by atoms with E-state index in [1.54, 1.807) is 48.5 Å². The SMILES string of the molecule is COc1ccc(C2NN(c3ccc(Cl)cc3)C(=O)C2(O)O)cc1. The van der Waals surface area contributed by atoms with Crippen LogP contribution in [0.15, 0.2) is 48.5 Å². The van der Waals surface area contributed by atoms with Gasteiger partial charge in [0.25, 0.3) is 5.79 Å². The molecule has 2 aromatic rings. The molecule has 1 heterocycles. The van der Waals surface area contributed by atoms with E-state index in [-0.39, 0.29) is 0 Å². The van der Waals surface area contributed by atoms with Crippen LogP contribution in [0.4, 0.5) is 5.69 Å². The molecule has 0 saturated carbocycles. The van der Waals surface area contributed by atoms with Crippen molar-refractivity contribution in [2.24, 2.45) is 0 Å². The summed E-state index contributed by atoms with van der Waals surface area (Å²) in [6, 6.07) is 12.1. The number of rotatable bonds is 3. The first-order chi connectivity index (χ1) is 10.9. The van der Waals surface area contributed by atoms with Gasteiger partial charge in [-0.3, -0.25) is 4.79 Å². The van der Waals surface area contributed by atoms with E-state index in [1.807, 2.05) is 0 Å². The van der Waals surface area contributed by atoms with Crippen LogP contribution in [0.25, 0.3) is 0 Å². The van der Waals surface area contributed by atoms with Gasteiger partial charge in [0.1, 0.15) is 11.8 Å². The summed E-state index contributed by atoms with van der Waals surface area (Å²) in [5.74, 6) is -2.79. The predicted molar refractivity (Wildman–Crippen MR) is 85.0 cm³/mol. The van der Waals surface area contributed by atoms with Crippen LogP contribution in [0, 0.1) is 0 Å². The third-order valence-electron chi connectivity index (χ3n) is 3.71. The zero-order valence-corrected chi connectivity index (χ0v) is 13.0. The summed E-state index contributed by atoms with van der Waals surface area (Å²) in [6.45, 7) is 0. The maximum atomic E-state index is 12.3. The maximum absolute atomic E-state index is 12.3. The fourth-order valence-corrected chi connectivity index (χ4v) is 2.58. The van der Waals surface area contributed by atoms with Crippen molar-refractivity contribution in [1.82, 2.24) is 5.43 Å². The number of methoxy groups -OCH3 is 1. The number of ether oxygens (including phenoxy) is 1. The molecule has 3 N–H and O–H groups in total. The molecule has 1 aliphatic rings. The fraction of sp³-hybridized carbons (Fsp3) is 0.188. The third-order valence-corrected chi connectivity index (χ3v) is 3.96. The predicted octanol–water partition coefficient (Wildman–Crippen LogP) is 1.62. The minimum Gasteiger partial charge on any atom is -0.497 e. The van der Waals surface area contributed by atoms with Crippen LogP contribution in [0.2, 0.25) is 5.02 Å². The highest BCUT2D eigenvalue weighted by atomic mass is 35.5. The minimum absolute atomic E-state index is 0.461. The van der Waals surface area contributed by atoms with E-state index in [2.05, 4.69) is 5.43 Å². The number of nitrogens with one attached hydrogen (secondary N) is 1. The molecule has 1 amide bonds. The first-order valence-corrected chi connectivity index (χ1v) is 7.26. The van der Waals surface area contributed by atoms with Gasteiger partial charge >= 0.3 is 5.91 Å². The van der Waals surface area contributed by atoms with Crippen LogP contribution in [-0.2, 0) is 4.79 Å². The van der Waals surface area contributed by atoms with Crippen LogP contribution >= 0.6 is 11.6 Å². The van der Waals surface area contributed by atoms with Crippen molar-refractivity contribution < 1.29 is 19.7 Å². The number of nitrogens with zero attached hydrogens (tertiary/aromatic N) is 1. The molecule has 1 fully saturated rings.